The van der Waals surface area contributed by atoms with E-state index in [1.807, 2.05) is 56.3 Å². The van der Waals surface area contributed by atoms with E-state index in [1.165, 1.54) is 10.2 Å². The molecule has 0 atom stereocenters. The van der Waals surface area contributed by atoms with Crippen molar-refractivity contribution >= 4 is 54.3 Å². The molecule has 0 amide bonds. The number of benzene rings is 3. The highest BCUT2D eigenvalue weighted by molar-refractivity contribution is 5.86. The van der Waals surface area contributed by atoms with Crippen molar-refractivity contribution in [3.63, 3.8) is 0 Å². The van der Waals surface area contributed by atoms with E-state index in [1.54, 1.807) is 19.1 Å². The van der Waals surface area contributed by atoms with Gasteiger partial charge in [0.1, 0.15) is 17.2 Å². The molecule has 268 valence electrons. The fraction of sp³-hybridized carbons (Fsp3) is 0.417. The zero-order chi connectivity index (χ0) is 33.0. The molecular formula is C36H50Cl3N7O3. The van der Waals surface area contributed by atoms with Crippen molar-refractivity contribution in [1.82, 2.24) is 19.6 Å². The summed E-state index contributed by atoms with van der Waals surface area (Å²) >= 11 is 0. The molecule has 1 aromatic heterocycles. The van der Waals surface area contributed by atoms with Crippen LogP contribution >= 0.6 is 37.2 Å². The molecule has 4 aromatic rings. The lowest BCUT2D eigenvalue weighted by atomic mass is 9.88. The first-order chi connectivity index (χ1) is 22.0. The van der Waals surface area contributed by atoms with E-state index in [9.17, 15) is 15.0 Å². The number of aryl methyl sites for hydroxylation is 3. The van der Waals surface area contributed by atoms with E-state index in [2.05, 4.69) is 39.2 Å². The Morgan fingerprint density at radius 2 is 1.27 bits per heavy atom. The van der Waals surface area contributed by atoms with Crippen molar-refractivity contribution in [3.8, 4) is 17.2 Å². The number of aromatic amines is 1. The summed E-state index contributed by atoms with van der Waals surface area (Å²) in [7, 11) is 4.25. The van der Waals surface area contributed by atoms with E-state index in [-0.39, 0.29) is 60.0 Å². The zero-order valence-corrected chi connectivity index (χ0v) is 31.3. The van der Waals surface area contributed by atoms with E-state index >= 15 is 0 Å². The second-order valence-corrected chi connectivity index (χ2v) is 12.8. The number of phenols is 2. The molecule has 10 nitrogen and oxygen atoms in total. The number of aromatic nitrogens is 2. The minimum Gasteiger partial charge on any atom is -0.505 e. The lowest BCUT2D eigenvalue weighted by Crippen LogP contribution is -2.29. The molecule has 0 saturated carbocycles. The molecule has 5 N–H and O–H groups in total. The van der Waals surface area contributed by atoms with Crippen molar-refractivity contribution in [2.24, 2.45) is 10.2 Å². The summed E-state index contributed by atoms with van der Waals surface area (Å²) in [5.74, 6) is 1.21. The van der Waals surface area contributed by atoms with Gasteiger partial charge in [-0.1, -0.05) is 30.3 Å². The van der Waals surface area contributed by atoms with Crippen LogP contribution in [0.2, 0.25) is 0 Å². The Hall–Kier alpha value is -3.54. The second kappa shape index (κ2) is 18.5. The Balaban J connectivity index is 0.000000393. The number of hydrogen-bond acceptors (Lipinski definition) is 8. The van der Waals surface area contributed by atoms with Gasteiger partial charge >= 0.3 is 0 Å². The van der Waals surface area contributed by atoms with Crippen LogP contribution in [0.25, 0.3) is 5.69 Å². The average Bonchev–Trinajstić information content (AvgIpc) is 3.33. The highest BCUT2D eigenvalue weighted by atomic mass is 35.5. The van der Waals surface area contributed by atoms with E-state index in [0.717, 1.165) is 74.2 Å². The van der Waals surface area contributed by atoms with Crippen LogP contribution in [-0.2, 0) is 0 Å². The Morgan fingerprint density at radius 3 is 1.82 bits per heavy atom. The van der Waals surface area contributed by atoms with Gasteiger partial charge in [0.15, 0.2) is 5.69 Å². The summed E-state index contributed by atoms with van der Waals surface area (Å²) < 4.78 is 1.48. The van der Waals surface area contributed by atoms with E-state index < -0.39 is 0 Å². The van der Waals surface area contributed by atoms with Crippen LogP contribution in [0.4, 0.5) is 17.1 Å². The van der Waals surface area contributed by atoms with Gasteiger partial charge in [-0.3, -0.25) is 9.89 Å². The largest absolute Gasteiger partial charge is 0.505 e. The summed E-state index contributed by atoms with van der Waals surface area (Å²) in [5.41, 5.74) is 12.1. The molecule has 0 bridgehead atoms. The molecule has 0 unspecified atom stereocenters. The molecule has 3 heterocycles. The van der Waals surface area contributed by atoms with Gasteiger partial charge in [0.25, 0.3) is 5.56 Å². The average molecular weight is 735 g/mol. The van der Waals surface area contributed by atoms with Gasteiger partial charge in [0.2, 0.25) is 0 Å². The topological polar surface area (TPSA) is 135 Å². The second-order valence-electron chi connectivity index (χ2n) is 12.8. The van der Waals surface area contributed by atoms with Crippen LogP contribution in [0.1, 0.15) is 65.5 Å². The van der Waals surface area contributed by atoms with Gasteiger partial charge in [-0.2, -0.15) is 0 Å². The Labute approximate surface area is 307 Å². The number of nitrogens with one attached hydrogen (secondary N) is 1. The number of hydrogen-bond donors (Lipinski definition) is 4. The molecule has 3 aromatic carbocycles. The summed E-state index contributed by atoms with van der Waals surface area (Å²) in [5, 5.41) is 32.2. The SMILES string of the molecule is CN1CCC(c2cccc(N)c2O)CC1.Cc1ccc(-n2[nH]c(C)c(N=Nc3cccc(C4CCN(C)CC4)c3O)c2=O)cc1C.Cl.Cl.Cl. The fourth-order valence-electron chi connectivity index (χ4n) is 6.31. The third-order valence-corrected chi connectivity index (χ3v) is 9.51. The van der Waals surface area contributed by atoms with Crippen LogP contribution in [-0.4, -0.2) is 70.1 Å². The molecule has 0 aliphatic carbocycles. The predicted molar refractivity (Wildman–Crippen MR) is 206 cm³/mol. The summed E-state index contributed by atoms with van der Waals surface area (Å²) in [4.78, 5) is 17.6. The minimum atomic E-state index is -0.268. The molecular weight excluding hydrogens is 685 g/mol. The third-order valence-electron chi connectivity index (χ3n) is 9.51. The molecule has 13 heteroatoms. The smallest absolute Gasteiger partial charge is 0.299 e. The first-order valence-electron chi connectivity index (χ1n) is 16.1. The van der Waals surface area contributed by atoms with Gasteiger partial charge < -0.3 is 25.7 Å². The highest BCUT2D eigenvalue weighted by Crippen LogP contribution is 2.40. The van der Waals surface area contributed by atoms with E-state index in [4.69, 9.17) is 5.73 Å². The van der Waals surface area contributed by atoms with Crippen LogP contribution in [0.3, 0.4) is 0 Å². The lowest BCUT2D eigenvalue weighted by Gasteiger charge is -2.29. The Kier molecular flexibility index (Phi) is 15.7. The van der Waals surface area contributed by atoms with Crippen LogP contribution in [0, 0.1) is 20.8 Å². The predicted octanol–water partition coefficient (Wildman–Crippen LogP) is 8.07. The number of rotatable bonds is 5. The molecule has 2 aliphatic heterocycles. The summed E-state index contributed by atoms with van der Waals surface area (Å²) in [6.07, 6.45) is 4.21. The number of aromatic hydroxyl groups is 2. The van der Waals surface area contributed by atoms with E-state index in [0.29, 0.717) is 28.9 Å². The lowest BCUT2D eigenvalue weighted by molar-refractivity contribution is 0.253. The van der Waals surface area contributed by atoms with Gasteiger partial charge in [-0.25, -0.2) is 4.68 Å². The van der Waals surface area contributed by atoms with Crippen molar-refractivity contribution < 1.29 is 10.2 Å². The molecule has 49 heavy (non-hydrogen) atoms. The number of phenolic OH excluding ortho intramolecular Hbond substituents is 2. The molecule has 2 aliphatic rings. The van der Waals surface area contributed by atoms with Crippen molar-refractivity contribution in [2.45, 2.75) is 58.3 Å². The molecule has 0 radical (unpaired) electrons. The van der Waals surface area contributed by atoms with Crippen LogP contribution < -0.4 is 11.3 Å². The normalized spacial score (nSPS) is 15.9. The zero-order valence-electron chi connectivity index (χ0n) is 28.8. The maximum Gasteiger partial charge on any atom is 0.299 e. The van der Waals surface area contributed by atoms with Crippen LogP contribution in [0.15, 0.2) is 69.6 Å². The number of nitrogens with two attached hydrogens (primary N) is 1. The Morgan fingerprint density at radius 1 is 0.735 bits per heavy atom. The molecule has 2 saturated heterocycles. The number of likely N-dealkylation sites (tertiary alicyclic amines) is 2. The highest BCUT2D eigenvalue weighted by Gasteiger charge is 2.23. The summed E-state index contributed by atoms with van der Waals surface area (Å²) in [6, 6.07) is 17.1. The van der Waals surface area contributed by atoms with Gasteiger partial charge in [0.05, 0.1) is 17.1 Å². The maximum atomic E-state index is 12.9. The number of azo groups is 1. The van der Waals surface area contributed by atoms with Crippen LogP contribution in [0.5, 0.6) is 11.5 Å². The third kappa shape index (κ3) is 9.80. The van der Waals surface area contributed by atoms with Gasteiger partial charge in [0, 0.05) is 0 Å². The maximum absolute atomic E-state index is 12.9. The van der Waals surface area contributed by atoms with Gasteiger partial charge in [-0.15, -0.1) is 47.4 Å². The number of halogens is 3. The quantitative estimate of drug-likeness (QED) is 0.0931. The number of anilines is 1. The molecule has 2 fully saturated rings. The summed E-state index contributed by atoms with van der Waals surface area (Å²) in [6.45, 7) is 10.1. The number of H-pyrrole nitrogens is 1. The van der Waals surface area contributed by atoms with Crippen molar-refractivity contribution in [2.75, 3.05) is 46.0 Å². The number of nitrogen functional groups attached to an aromatic ring is 1. The molecule has 0 spiro atoms. The number of para-hydroxylation sites is 2. The monoisotopic (exact) mass is 733 g/mol. The van der Waals surface area contributed by atoms with Crippen molar-refractivity contribution in [1.29, 1.82) is 0 Å². The first-order valence-corrected chi connectivity index (χ1v) is 16.1. The first kappa shape index (κ1) is 41.6. The fourth-order valence-corrected chi connectivity index (χ4v) is 6.31. The number of piperidine rings is 2. The van der Waals surface area contributed by atoms with Gasteiger partial charge in [-0.05, 0) is 145 Å². The Bertz CT molecular complexity index is 1760. The van der Waals surface area contributed by atoms with Crippen molar-refractivity contribution in [3.05, 3.63) is 92.9 Å². The minimum absolute atomic E-state index is 0. The number of nitrogens with zero attached hydrogens (tertiary/aromatic N) is 5. The molecule has 6 rings (SSSR count). The standard InChI is InChI=1S/C24H29N5O2.C12H18N2O.3ClH/c1-15-8-9-19(14-16(15)2)29-24(31)22(17(3)27-29)26-25-21-7-5-6-20(23(21)30)18-10-12-28(4)13-11-18;1-14-7-5-9(6-8-14)10-3-2-4-11(13)12(10)15;;;/h5-9,14,18,27,30H,10-13H2,1-4H3;2-4,9,15H,5-8,13H2,1H3;3*1H.